The fourth-order valence-electron chi connectivity index (χ4n) is 2.20. The van der Waals surface area contributed by atoms with E-state index in [2.05, 4.69) is 22.5 Å². The van der Waals surface area contributed by atoms with Gasteiger partial charge in [-0.1, -0.05) is 0 Å². The second kappa shape index (κ2) is 8.29. The summed E-state index contributed by atoms with van der Waals surface area (Å²) < 4.78 is 0. The molecule has 0 aromatic heterocycles. The van der Waals surface area contributed by atoms with Gasteiger partial charge >= 0.3 is 6.03 Å². The summed E-state index contributed by atoms with van der Waals surface area (Å²) in [5.74, 6) is 0.291. The van der Waals surface area contributed by atoms with E-state index in [4.69, 9.17) is 5.73 Å². The average Bonchev–Trinajstić information content (AvgIpc) is 2.67. The monoisotopic (exact) mass is 278 g/mol. The molecule has 0 spiro atoms. The number of carbonyl (C=O) groups is 2. The van der Waals surface area contributed by atoms with Gasteiger partial charge in [-0.2, -0.15) is 0 Å². The van der Waals surface area contributed by atoms with E-state index in [0.717, 1.165) is 13.0 Å². The average molecular weight is 279 g/mol. The summed E-state index contributed by atoms with van der Waals surface area (Å²) in [6.07, 6.45) is 1.43. The van der Waals surface area contributed by atoms with Crippen molar-refractivity contribution in [3.05, 3.63) is 0 Å². The van der Waals surface area contributed by atoms with Crippen LogP contribution in [0.5, 0.6) is 0 Å². The van der Waals surface area contributed by atoms with E-state index in [-0.39, 0.29) is 18.3 Å². The predicted molar refractivity (Wildman–Crippen MR) is 72.7 cm³/mol. The van der Waals surface area contributed by atoms with Crippen LogP contribution < -0.4 is 16.4 Å². The van der Waals surface area contributed by atoms with Gasteiger partial charge < -0.3 is 11.1 Å². The van der Waals surface area contributed by atoms with Crippen molar-refractivity contribution in [3.8, 4) is 0 Å². The van der Waals surface area contributed by atoms with Crippen LogP contribution in [0.2, 0.25) is 0 Å². The van der Waals surface area contributed by atoms with Gasteiger partial charge in [-0.25, -0.2) is 4.79 Å². The van der Waals surface area contributed by atoms with Gasteiger partial charge in [0.2, 0.25) is 5.91 Å². The molecule has 4 N–H and O–H groups in total. The molecule has 7 heteroatoms. The fraction of sp³-hybridized carbons (Fsp3) is 0.818. The van der Waals surface area contributed by atoms with E-state index in [9.17, 15) is 9.59 Å². The zero-order chi connectivity index (χ0) is 12.8. The van der Waals surface area contributed by atoms with Gasteiger partial charge in [0, 0.05) is 32.6 Å². The molecule has 6 nitrogen and oxygen atoms in total. The lowest BCUT2D eigenvalue weighted by Crippen LogP contribution is -2.39. The quantitative estimate of drug-likeness (QED) is 0.671. The first-order chi connectivity index (χ1) is 8.06. The van der Waals surface area contributed by atoms with Gasteiger partial charge in [0.15, 0.2) is 0 Å². The zero-order valence-corrected chi connectivity index (χ0v) is 11.8. The Kier molecular flexibility index (Phi) is 7.90. The van der Waals surface area contributed by atoms with Gasteiger partial charge in [0.05, 0.1) is 0 Å². The predicted octanol–water partition coefficient (Wildman–Crippen LogP) is -0.0770. The molecule has 2 atom stereocenters. The molecule has 18 heavy (non-hydrogen) atoms. The molecule has 0 radical (unpaired) electrons. The summed E-state index contributed by atoms with van der Waals surface area (Å²) in [7, 11) is 1.48. The van der Waals surface area contributed by atoms with Gasteiger partial charge in [-0.15, -0.1) is 12.4 Å². The number of carbonyl (C=O) groups excluding carboxylic acids is 2. The van der Waals surface area contributed by atoms with Gasteiger partial charge in [-0.05, 0) is 25.8 Å². The van der Waals surface area contributed by atoms with E-state index in [1.54, 1.807) is 0 Å². The summed E-state index contributed by atoms with van der Waals surface area (Å²) >= 11 is 0. The number of rotatable bonds is 4. The summed E-state index contributed by atoms with van der Waals surface area (Å²) in [5.41, 5.74) is 5.64. The van der Waals surface area contributed by atoms with Crippen LogP contribution in [0.25, 0.3) is 0 Å². The minimum atomic E-state index is -0.454. The molecule has 0 bridgehead atoms. The SMILES string of the molecule is CNC(=O)NC(=O)CCN1CC(CN)CC1C.Cl. The molecule has 0 aromatic carbocycles. The van der Waals surface area contributed by atoms with E-state index in [1.165, 1.54) is 7.05 Å². The third-order valence-corrected chi connectivity index (χ3v) is 3.23. The van der Waals surface area contributed by atoms with Gasteiger partial charge in [0.25, 0.3) is 0 Å². The number of nitrogens with two attached hydrogens (primary N) is 1. The van der Waals surface area contributed by atoms with Crippen molar-refractivity contribution in [1.82, 2.24) is 15.5 Å². The largest absolute Gasteiger partial charge is 0.341 e. The van der Waals surface area contributed by atoms with Crippen LogP contribution in [0.4, 0.5) is 4.79 Å². The molecule has 0 aliphatic carbocycles. The maximum Gasteiger partial charge on any atom is 0.321 e. The maximum atomic E-state index is 11.4. The first-order valence-corrected chi connectivity index (χ1v) is 6.02. The van der Waals surface area contributed by atoms with Crippen molar-refractivity contribution >= 4 is 24.3 Å². The Balaban J connectivity index is 0.00000289. The first kappa shape index (κ1) is 17.2. The molecule has 1 aliphatic rings. The highest BCUT2D eigenvalue weighted by Gasteiger charge is 2.27. The van der Waals surface area contributed by atoms with Crippen LogP contribution in [0, 0.1) is 5.92 Å². The molecule has 1 fully saturated rings. The first-order valence-electron chi connectivity index (χ1n) is 6.02. The van der Waals surface area contributed by atoms with E-state index in [0.29, 0.717) is 31.5 Å². The molecule has 0 saturated carbocycles. The number of hydrogen-bond donors (Lipinski definition) is 3. The van der Waals surface area contributed by atoms with Crippen LogP contribution in [0.1, 0.15) is 19.8 Å². The standard InChI is InChI=1S/C11H22N4O2.ClH/c1-8-5-9(6-12)7-15(8)4-3-10(16)14-11(17)13-2;/h8-9H,3-7,12H2,1-2H3,(H2,13,14,16,17);1H. The topological polar surface area (TPSA) is 87.5 Å². The zero-order valence-electron chi connectivity index (χ0n) is 10.9. The van der Waals surface area contributed by atoms with Crippen LogP contribution in [-0.2, 0) is 4.79 Å². The van der Waals surface area contributed by atoms with Crippen molar-refractivity contribution in [2.24, 2.45) is 11.7 Å². The Bertz CT molecular complexity index is 288. The lowest BCUT2D eigenvalue weighted by atomic mass is 10.1. The molecule has 106 valence electrons. The molecule has 1 rings (SSSR count). The Hall–Kier alpha value is -0.850. The van der Waals surface area contributed by atoms with E-state index in [1.807, 2.05) is 0 Å². The third-order valence-electron chi connectivity index (χ3n) is 3.23. The highest BCUT2D eigenvalue weighted by Crippen LogP contribution is 2.21. The number of halogens is 1. The summed E-state index contributed by atoms with van der Waals surface area (Å²) in [6.45, 7) is 4.48. The Morgan fingerprint density at radius 2 is 2.11 bits per heavy atom. The highest BCUT2D eigenvalue weighted by atomic mass is 35.5. The van der Waals surface area contributed by atoms with Crippen LogP contribution in [-0.4, -0.2) is 49.6 Å². The third kappa shape index (κ3) is 5.20. The maximum absolute atomic E-state index is 11.4. The van der Waals surface area contributed by atoms with Crippen molar-refractivity contribution in [1.29, 1.82) is 0 Å². The molecule has 1 heterocycles. The molecular weight excluding hydrogens is 256 g/mol. The van der Waals surface area contributed by atoms with Gasteiger partial charge in [-0.3, -0.25) is 15.0 Å². The number of amides is 3. The number of likely N-dealkylation sites (tertiary alicyclic amines) is 1. The second-order valence-electron chi connectivity index (χ2n) is 4.56. The molecule has 1 aliphatic heterocycles. The second-order valence-corrected chi connectivity index (χ2v) is 4.56. The van der Waals surface area contributed by atoms with E-state index >= 15 is 0 Å². The van der Waals surface area contributed by atoms with Crippen LogP contribution >= 0.6 is 12.4 Å². The minimum absolute atomic E-state index is 0. The van der Waals surface area contributed by atoms with Crippen molar-refractivity contribution < 1.29 is 9.59 Å². The number of nitrogens with zero attached hydrogens (tertiary/aromatic N) is 1. The number of imide groups is 1. The Morgan fingerprint density at radius 3 is 2.61 bits per heavy atom. The molecular formula is C11H23ClN4O2. The number of hydrogen-bond acceptors (Lipinski definition) is 4. The summed E-state index contributed by atoms with van der Waals surface area (Å²) in [6, 6.07) is 0.0145. The van der Waals surface area contributed by atoms with Crippen molar-refractivity contribution in [3.63, 3.8) is 0 Å². The fourth-order valence-corrected chi connectivity index (χ4v) is 2.20. The molecule has 2 unspecified atom stereocenters. The summed E-state index contributed by atoms with van der Waals surface area (Å²) in [5, 5.41) is 4.60. The molecule has 3 amide bonds. The molecule has 1 saturated heterocycles. The molecule has 0 aromatic rings. The lowest BCUT2D eigenvalue weighted by Gasteiger charge is -2.20. The lowest BCUT2D eigenvalue weighted by molar-refractivity contribution is -0.120. The highest BCUT2D eigenvalue weighted by molar-refractivity contribution is 5.94. The smallest absolute Gasteiger partial charge is 0.321 e. The van der Waals surface area contributed by atoms with Crippen molar-refractivity contribution in [2.45, 2.75) is 25.8 Å². The Morgan fingerprint density at radius 1 is 1.44 bits per heavy atom. The van der Waals surface area contributed by atoms with Crippen molar-refractivity contribution in [2.75, 3.05) is 26.7 Å². The summed E-state index contributed by atoms with van der Waals surface area (Å²) in [4.78, 5) is 24.6. The number of nitrogens with one attached hydrogen (secondary N) is 2. The van der Waals surface area contributed by atoms with Crippen LogP contribution in [0.3, 0.4) is 0 Å². The normalized spacial score (nSPS) is 23.3. The van der Waals surface area contributed by atoms with Crippen LogP contribution in [0.15, 0.2) is 0 Å². The Labute approximate surface area is 114 Å². The van der Waals surface area contributed by atoms with Gasteiger partial charge in [0.1, 0.15) is 0 Å². The number of urea groups is 1. The van der Waals surface area contributed by atoms with E-state index < -0.39 is 6.03 Å². The minimum Gasteiger partial charge on any atom is -0.341 e.